The molecule has 1 aromatic rings. The summed E-state index contributed by atoms with van der Waals surface area (Å²) in [6.45, 7) is 9.13. The monoisotopic (exact) mass is 277 g/mol. The lowest BCUT2D eigenvalue weighted by molar-refractivity contribution is 0.0660. The maximum atomic E-state index is 5.99. The molecule has 1 aliphatic heterocycles. The lowest BCUT2D eigenvalue weighted by Gasteiger charge is -2.20. The third-order valence-electron chi connectivity index (χ3n) is 3.84. The highest BCUT2D eigenvalue weighted by molar-refractivity contribution is 5.29. The van der Waals surface area contributed by atoms with Crippen molar-refractivity contribution in [2.45, 2.75) is 45.8 Å². The van der Waals surface area contributed by atoms with Gasteiger partial charge in [0.2, 0.25) is 0 Å². The van der Waals surface area contributed by atoms with E-state index in [4.69, 9.17) is 9.47 Å². The Morgan fingerprint density at radius 2 is 2.05 bits per heavy atom. The number of hydrogen-bond acceptors (Lipinski definition) is 3. The maximum absolute atomic E-state index is 5.99. The van der Waals surface area contributed by atoms with Crippen LogP contribution in [0.25, 0.3) is 0 Å². The van der Waals surface area contributed by atoms with E-state index in [9.17, 15) is 0 Å². The van der Waals surface area contributed by atoms with Gasteiger partial charge in [0, 0.05) is 19.2 Å². The van der Waals surface area contributed by atoms with Crippen molar-refractivity contribution in [1.82, 2.24) is 5.32 Å². The minimum atomic E-state index is 0.152. The fraction of sp³-hybridized carbons (Fsp3) is 0.647. The molecule has 1 N–H and O–H groups in total. The predicted molar refractivity (Wildman–Crippen MR) is 82.2 cm³/mol. The number of hydrogen-bond donors (Lipinski definition) is 1. The highest BCUT2D eigenvalue weighted by Gasteiger charge is 2.21. The maximum Gasteiger partial charge on any atom is 0.119 e. The summed E-state index contributed by atoms with van der Waals surface area (Å²) in [5.41, 5.74) is 1.23. The van der Waals surface area contributed by atoms with Gasteiger partial charge in [-0.05, 0) is 36.5 Å². The Balaban J connectivity index is 1.94. The quantitative estimate of drug-likeness (QED) is 0.893. The van der Waals surface area contributed by atoms with Gasteiger partial charge in [-0.3, -0.25) is 0 Å². The van der Waals surface area contributed by atoms with Gasteiger partial charge < -0.3 is 14.8 Å². The Hall–Kier alpha value is -1.06. The van der Waals surface area contributed by atoms with Gasteiger partial charge in [-0.2, -0.15) is 0 Å². The van der Waals surface area contributed by atoms with E-state index >= 15 is 0 Å². The Labute approximate surface area is 122 Å². The zero-order valence-electron chi connectivity index (χ0n) is 12.9. The standard InChI is InChI=1S/C17H27NO2/c1-4-10-19-15-7-5-14(6-8-15)17-12-18-16(13(2)3)9-11-20-17/h5-8,13,16-18H,4,9-12H2,1-3H3. The second-order valence-corrected chi connectivity index (χ2v) is 5.82. The van der Waals surface area contributed by atoms with Crippen LogP contribution in [0, 0.1) is 5.92 Å². The molecule has 112 valence electrons. The summed E-state index contributed by atoms with van der Waals surface area (Å²) in [7, 11) is 0. The van der Waals surface area contributed by atoms with Gasteiger partial charge in [-0.25, -0.2) is 0 Å². The fourth-order valence-corrected chi connectivity index (χ4v) is 2.54. The molecule has 20 heavy (non-hydrogen) atoms. The molecule has 1 saturated heterocycles. The highest BCUT2D eigenvalue weighted by Crippen LogP contribution is 2.23. The van der Waals surface area contributed by atoms with Crippen LogP contribution in [0.3, 0.4) is 0 Å². The first kappa shape index (κ1) is 15.3. The van der Waals surface area contributed by atoms with Crippen LogP contribution in [0.2, 0.25) is 0 Å². The Kier molecular flexibility index (Phi) is 5.86. The predicted octanol–water partition coefficient (Wildman–Crippen LogP) is 3.55. The van der Waals surface area contributed by atoms with E-state index in [-0.39, 0.29) is 6.10 Å². The molecule has 1 heterocycles. The van der Waals surface area contributed by atoms with Crippen molar-refractivity contribution in [2.24, 2.45) is 5.92 Å². The first-order valence-electron chi connectivity index (χ1n) is 7.78. The third-order valence-corrected chi connectivity index (χ3v) is 3.84. The van der Waals surface area contributed by atoms with Crippen LogP contribution in [-0.4, -0.2) is 25.8 Å². The van der Waals surface area contributed by atoms with Crippen molar-refractivity contribution in [3.05, 3.63) is 29.8 Å². The van der Waals surface area contributed by atoms with Crippen LogP contribution < -0.4 is 10.1 Å². The second-order valence-electron chi connectivity index (χ2n) is 5.82. The molecule has 0 saturated carbocycles. The molecule has 1 fully saturated rings. The van der Waals surface area contributed by atoms with Crippen molar-refractivity contribution in [1.29, 1.82) is 0 Å². The minimum Gasteiger partial charge on any atom is -0.494 e. The van der Waals surface area contributed by atoms with Crippen LogP contribution in [-0.2, 0) is 4.74 Å². The van der Waals surface area contributed by atoms with E-state index in [2.05, 4.69) is 38.2 Å². The van der Waals surface area contributed by atoms with Gasteiger partial charge in [-0.15, -0.1) is 0 Å². The summed E-state index contributed by atoms with van der Waals surface area (Å²) >= 11 is 0. The molecule has 0 bridgehead atoms. The molecule has 0 aromatic heterocycles. The summed E-state index contributed by atoms with van der Waals surface area (Å²) in [6, 6.07) is 8.88. The molecule has 0 spiro atoms. The first-order chi connectivity index (χ1) is 9.70. The molecule has 0 amide bonds. The largest absolute Gasteiger partial charge is 0.494 e. The zero-order chi connectivity index (χ0) is 14.4. The lowest BCUT2D eigenvalue weighted by atomic mass is 10.0. The molecule has 1 aromatic carbocycles. The fourth-order valence-electron chi connectivity index (χ4n) is 2.54. The van der Waals surface area contributed by atoms with Gasteiger partial charge in [0.25, 0.3) is 0 Å². The third kappa shape index (κ3) is 4.22. The van der Waals surface area contributed by atoms with Gasteiger partial charge in [0.1, 0.15) is 5.75 Å². The van der Waals surface area contributed by atoms with Crippen molar-refractivity contribution in [3.63, 3.8) is 0 Å². The molecule has 0 radical (unpaired) electrons. The van der Waals surface area contributed by atoms with Crippen molar-refractivity contribution < 1.29 is 9.47 Å². The van der Waals surface area contributed by atoms with E-state index in [0.29, 0.717) is 12.0 Å². The molecule has 2 rings (SSSR count). The summed E-state index contributed by atoms with van der Waals surface area (Å²) in [5, 5.41) is 3.62. The van der Waals surface area contributed by atoms with E-state index in [1.807, 2.05) is 12.1 Å². The molecular weight excluding hydrogens is 250 g/mol. The van der Waals surface area contributed by atoms with Crippen molar-refractivity contribution in [2.75, 3.05) is 19.8 Å². The van der Waals surface area contributed by atoms with Crippen LogP contribution in [0.15, 0.2) is 24.3 Å². The molecule has 3 nitrogen and oxygen atoms in total. The SMILES string of the molecule is CCCOc1ccc(C2CNC(C(C)C)CCO2)cc1. The van der Waals surface area contributed by atoms with Crippen LogP contribution >= 0.6 is 0 Å². The normalized spacial score (nSPS) is 23.6. The number of nitrogens with one attached hydrogen (secondary N) is 1. The van der Waals surface area contributed by atoms with Gasteiger partial charge >= 0.3 is 0 Å². The van der Waals surface area contributed by atoms with E-state index < -0.39 is 0 Å². The van der Waals surface area contributed by atoms with Crippen LogP contribution in [0.5, 0.6) is 5.75 Å². The first-order valence-corrected chi connectivity index (χ1v) is 7.78. The van der Waals surface area contributed by atoms with Gasteiger partial charge in [-0.1, -0.05) is 32.9 Å². The minimum absolute atomic E-state index is 0.152. The molecule has 0 aliphatic carbocycles. The summed E-state index contributed by atoms with van der Waals surface area (Å²) in [5.74, 6) is 1.60. The highest BCUT2D eigenvalue weighted by atomic mass is 16.5. The second kappa shape index (κ2) is 7.65. The van der Waals surface area contributed by atoms with Crippen LogP contribution in [0.1, 0.15) is 45.3 Å². The molecule has 3 heteroatoms. The van der Waals surface area contributed by atoms with E-state index in [0.717, 1.165) is 38.3 Å². The smallest absolute Gasteiger partial charge is 0.119 e. The van der Waals surface area contributed by atoms with Crippen LogP contribution in [0.4, 0.5) is 0 Å². The Morgan fingerprint density at radius 3 is 2.70 bits per heavy atom. The Morgan fingerprint density at radius 1 is 1.30 bits per heavy atom. The van der Waals surface area contributed by atoms with E-state index in [1.165, 1.54) is 5.56 Å². The molecule has 1 aliphatic rings. The van der Waals surface area contributed by atoms with Crippen molar-refractivity contribution in [3.8, 4) is 5.75 Å². The number of ether oxygens (including phenoxy) is 2. The van der Waals surface area contributed by atoms with Gasteiger partial charge in [0.15, 0.2) is 0 Å². The summed E-state index contributed by atoms with van der Waals surface area (Å²) in [6.07, 6.45) is 2.28. The van der Waals surface area contributed by atoms with E-state index in [1.54, 1.807) is 0 Å². The Bertz CT molecular complexity index is 388. The summed E-state index contributed by atoms with van der Waals surface area (Å²) < 4.78 is 11.6. The van der Waals surface area contributed by atoms with Gasteiger partial charge in [0.05, 0.1) is 12.7 Å². The topological polar surface area (TPSA) is 30.5 Å². The molecule has 2 atom stereocenters. The molecular formula is C17H27NO2. The average molecular weight is 277 g/mol. The number of benzene rings is 1. The zero-order valence-corrected chi connectivity index (χ0v) is 12.9. The number of rotatable bonds is 5. The summed E-state index contributed by atoms with van der Waals surface area (Å²) in [4.78, 5) is 0. The van der Waals surface area contributed by atoms with Crippen molar-refractivity contribution >= 4 is 0 Å². The average Bonchev–Trinajstić information content (AvgIpc) is 2.71. The lowest BCUT2D eigenvalue weighted by Crippen LogP contribution is -2.34. The molecule has 2 unspecified atom stereocenters.